The number of carbonyl (C=O) groups is 2. The van der Waals surface area contributed by atoms with Gasteiger partial charge in [-0.25, -0.2) is 13.2 Å². The summed E-state index contributed by atoms with van der Waals surface area (Å²) in [7, 11) is 1.20. The van der Waals surface area contributed by atoms with Crippen LogP contribution in [0.2, 0.25) is 0 Å². The fourth-order valence-electron chi connectivity index (χ4n) is 1.28. The molecule has 0 aromatic heterocycles. The van der Waals surface area contributed by atoms with Crippen LogP contribution in [0.15, 0.2) is 0 Å². The molecule has 14 heavy (non-hydrogen) atoms. The van der Waals surface area contributed by atoms with E-state index in [4.69, 9.17) is 10.7 Å². The molecule has 3 amide bonds. The summed E-state index contributed by atoms with van der Waals surface area (Å²) in [6.45, 7) is 1.59. The third kappa shape index (κ3) is 2.16. The van der Waals surface area contributed by atoms with Gasteiger partial charge in [0.1, 0.15) is 5.54 Å². The minimum absolute atomic E-state index is 0.163. The van der Waals surface area contributed by atoms with Crippen molar-refractivity contribution in [3.8, 4) is 0 Å². The molecular formula is C6H9ClN2O4S. The van der Waals surface area contributed by atoms with E-state index >= 15 is 0 Å². The van der Waals surface area contributed by atoms with Crippen molar-refractivity contribution >= 4 is 31.7 Å². The summed E-state index contributed by atoms with van der Waals surface area (Å²) in [5.74, 6) is -1.26. The summed E-state index contributed by atoms with van der Waals surface area (Å²) >= 11 is 0. The fraction of sp³-hybridized carbons (Fsp3) is 0.667. The Labute approximate surface area is 85.4 Å². The zero-order chi connectivity index (χ0) is 11.0. The minimum Gasteiger partial charge on any atom is -0.322 e. The topological polar surface area (TPSA) is 92.3 Å². The van der Waals surface area contributed by atoms with Crippen molar-refractivity contribution in [1.29, 1.82) is 0 Å². The molecule has 6 nitrogen and oxygen atoms in total. The Morgan fingerprint density at radius 2 is 2.00 bits per heavy atom. The Balaban J connectivity index is 2.99. The lowest BCUT2D eigenvalue weighted by atomic mass is 10.00. The van der Waals surface area contributed by atoms with Crippen molar-refractivity contribution in [2.45, 2.75) is 18.9 Å². The molecule has 2 N–H and O–H groups in total. The third-order valence-corrected chi connectivity index (χ3v) is 3.20. The van der Waals surface area contributed by atoms with Gasteiger partial charge >= 0.3 is 6.03 Å². The van der Waals surface area contributed by atoms with Crippen molar-refractivity contribution < 1.29 is 18.0 Å². The molecule has 1 atom stereocenters. The van der Waals surface area contributed by atoms with Gasteiger partial charge in [0, 0.05) is 10.7 Å². The van der Waals surface area contributed by atoms with E-state index in [0.717, 1.165) is 0 Å². The van der Waals surface area contributed by atoms with Crippen LogP contribution in [0.25, 0.3) is 0 Å². The number of halogens is 1. The predicted molar refractivity (Wildman–Crippen MR) is 49.3 cm³/mol. The van der Waals surface area contributed by atoms with Crippen molar-refractivity contribution in [2.24, 2.45) is 0 Å². The van der Waals surface area contributed by atoms with Gasteiger partial charge in [-0.3, -0.25) is 10.1 Å². The van der Waals surface area contributed by atoms with Gasteiger partial charge in [-0.05, 0) is 6.42 Å². The Kier molecular flexibility index (Phi) is 2.73. The predicted octanol–water partition coefficient (Wildman–Crippen LogP) is -0.457. The molecule has 8 heteroatoms. The molecule has 1 fully saturated rings. The number of hydrogen-bond acceptors (Lipinski definition) is 4. The maximum Gasteiger partial charge on any atom is 0.322 e. The van der Waals surface area contributed by atoms with Crippen LogP contribution in [0.1, 0.15) is 13.3 Å². The summed E-state index contributed by atoms with van der Waals surface area (Å²) in [6, 6.07) is -0.697. The first-order valence-electron chi connectivity index (χ1n) is 3.85. The maximum absolute atomic E-state index is 11.3. The minimum atomic E-state index is -3.84. The molecule has 1 aliphatic heterocycles. The maximum atomic E-state index is 11.3. The lowest BCUT2D eigenvalue weighted by Gasteiger charge is -2.21. The normalized spacial score (nSPS) is 27.3. The smallest absolute Gasteiger partial charge is 0.322 e. The second kappa shape index (κ2) is 3.39. The standard InChI is InChI=1S/C6H9ClN2O4S/c1-2-6(3-14(7,12)13)4(10)8-5(11)9-6/h2-3H2,1H3,(H2,8,9,10,11)/t6-/m1/s1. The monoisotopic (exact) mass is 240 g/mol. The number of amides is 3. The van der Waals surface area contributed by atoms with Crippen LogP contribution in [0.4, 0.5) is 4.79 Å². The van der Waals surface area contributed by atoms with E-state index in [0.29, 0.717) is 0 Å². The lowest BCUT2D eigenvalue weighted by molar-refractivity contribution is -0.123. The molecule has 1 saturated heterocycles. The molecule has 0 unspecified atom stereocenters. The van der Waals surface area contributed by atoms with Crippen LogP contribution < -0.4 is 10.6 Å². The van der Waals surface area contributed by atoms with E-state index in [1.165, 1.54) is 0 Å². The molecule has 0 aromatic rings. The number of rotatable bonds is 3. The fourth-order valence-corrected chi connectivity index (χ4v) is 2.83. The average Bonchev–Trinajstić information content (AvgIpc) is 2.24. The molecule has 0 bridgehead atoms. The zero-order valence-corrected chi connectivity index (χ0v) is 8.91. The molecule has 0 saturated carbocycles. The quantitative estimate of drug-likeness (QED) is 0.516. The van der Waals surface area contributed by atoms with Crippen LogP contribution in [0, 0.1) is 0 Å². The van der Waals surface area contributed by atoms with E-state index in [9.17, 15) is 18.0 Å². The SMILES string of the molecule is CC[C@]1(CS(=O)(=O)Cl)NC(=O)NC1=O. The van der Waals surface area contributed by atoms with Gasteiger partial charge < -0.3 is 5.32 Å². The van der Waals surface area contributed by atoms with Gasteiger partial charge in [0.15, 0.2) is 0 Å². The van der Waals surface area contributed by atoms with Crippen LogP contribution in [-0.4, -0.2) is 31.6 Å². The van der Waals surface area contributed by atoms with Crippen molar-refractivity contribution in [2.75, 3.05) is 5.75 Å². The Bertz CT molecular complexity index is 379. The number of imide groups is 1. The first-order valence-corrected chi connectivity index (χ1v) is 6.33. The number of urea groups is 1. The molecule has 1 heterocycles. The Morgan fingerprint density at radius 3 is 2.29 bits per heavy atom. The molecule has 80 valence electrons. The Hall–Kier alpha value is -0.820. The highest BCUT2D eigenvalue weighted by Gasteiger charge is 2.47. The second-order valence-corrected chi connectivity index (χ2v) is 5.80. The third-order valence-electron chi connectivity index (χ3n) is 2.04. The highest BCUT2D eigenvalue weighted by Crippen LogP contribution is 2.19. The van der Waals surface area contributed by atoms with Crippen molar-refractivity contribution in [1.82, 2.24) is 10.6 Å². The highest BCUT2D eigenvalue weighted by molar-refractivity contribution is 8.13. The molecule has 1 aliphatic rings. The zero-order valence-electron chi connectivity index (χ0n) is 7.33. The van der Waals surface area contributed by atoms with E-state index < -0.39 is 32.3 Å². The Morgan fingerprint density at radius 1 is 1.43 bits per heavy atom. The largest absolute Gasteiger partial charge is 0.322 e. The van der Waals surface area contributed by atoms with Gasteiger partial charge in [-0.15, -0.1) is 0 Å². The second-order valence-electron chi connectivity index (χ2n) is 3.03. The van der Waals surface area contributed by atoms with Crippen LogP contribution in [0.5, 0.6) is 0 Å². The lowest BCUT2D eigenvalue weighted by Crippen LogP contribution is -2.51. The first kappa shape index (κ1) is 11.3. The van der Waals surface area contributed by atoms with Crippen LogP contribution in [-0.2, 0) is 13.8 Å². The van der Waals surface area contributed by atoms with E-state index in [1.807, 2.05) is 5.32 Å². The number of nitrogens with one attached hydrogen (secondary N) is 2. The van der Waals surface area contributed by atoms with Gasteiger partial charge in [0.2, 0.25) is 9.05 Å². The van der Waals surface area contributed by atoms with Gasteiger partial charge in [0.25, 0.3) is 5.91 Å². The van der Waals surface area contributed by atoms with E-state index in [1.54, 1.807) is 6.92 Å². The molecule has 0 radical (unpaired) electrons. The van der Waals surface area contributed by atoms with Crippen molar-refractivity contribution in [3.63, 3.8) is 0 Å². The summed E-state index contributed by atoms with van der Waals surface area (Å²) in [5, 5.41) is 4.23. The first-order chi connectivity index (χ1) is 6.29. The molecule has 0 spiro atoms. The van der Waals surface area contributed by atoms with Gasteiger partial charge in [-0.1, -0.05) is 6.92 Å². The summed E-state index contributed by atoms with van der Waals surface area (Å²) in [4.78, 5) is 22.1. The van der Waals surface area contributed by atoms with Gasteiger partial charge in [-0.2, -0.15) is 0 Å². The average molecular weight is 241 g/mol. The number of hydrogen-bond donors (Lipinski definition) is 2. The number of carbonyl (C=O) groups excluding carboxylic acids is 2. The van der Waals surface area contributed by atoms with E-state index in [-0.39, 0.29) is 6.42 Å². The van der Waals surface area contributed by atoms with E-state index in [2.05, 4.69) is 5.32 Å². The molecule has 1 rings (SSSR count). The molecule has 0 aromatic carbocycles. The summed E-state index contributed by atoms with van der Waals surface area (Å²) in [6.07, 6.45) is 0.163. The van der Waals surface area contributed by atoms with Crippen LogP contribution in [0.3, 0.4) is 0 Å². The highest BCUT2D eigenvalue weighted by atomic mass is 35.7. The summed E-state index contributed by atoms with van der Waals surface area (Å²) in [5.41, 5.74) is -1.42. The summed E-state index contributed by atoms with van der Waals surface area (Å²) < 4.78 is 21.7. The molecular weight excluding hydrogens is 232 g/mol. The van der Waals surface area contributed by atoms with Crippen LogP contribution >= 0.6 is 10.7 Å². The van der Waals surface area contributed by atoms with Crippen molar-refractivity contribution in [3.05, 3.63) is 0 Å². The van der Waals surface area contributed by atoms with Gasteiger partial charge in [0.05, 0.1) is 5.75 Å². The molecule has 0 aliphatic carbocycles.